The summed E-state index contributed by atoms with van der Waals surface area (Å²) < 4.78 is 17.3. The monoisotopic (exact) mass is 516 g/mol. The van der Waals surface area contributed by atoms with Crippen LogP contribution in [0.1, 0.15) is 24.8 Å². The minimum Gasteiger partial charge on any atom is -0.497 e. The van der Waals surface area contributed by atoms with Gasteiger partial charge in [0.1, 0.15) is 11.5 Å². The van der Waals surface area contributed by atoms with Crippen molar-refractivity contribution in [2.75, 3.05) is 51.9 Å². The molecule has 7 heteroatoms. The highest BCUT2D eigenvalue weighted by atomic mass is 79.9. The maximum Gasteiger partial charge on any atom is 0.414 e. The van der Waals surface area contributed by atoms with Gasteiger partial charge >= 0.3 is 6.09 Å². The summed E-state index contributed by atoms with van der Waals surface area (Å²) in [6.07, 6.45) is 4.27. The van der Waals surface area contributed by atoms with E-state index in [4.69, 9.17) is 14.2 Å². The summed E-state index contributed by atoms with van der Waals surface area (Å²) in [7, 11) is 3.36. The number of likely N-dealkylation sites (tertiary alicyclic amines) is 1. The third-order valence-electron chi connectivity index (χ3n) is 6.81. The van der Waals surface area contributed by atoms with Crippen LogP contribution in [0.3, 0.4) is 0 Å². The molecule has 2 aliphatic heterocycles. The predicted molar refractivity (Wildman–Crippen MR) is 133 cm³/mol. The third-order valence-corrected chi connectivity index (χ3v) is 7.58. The summed E-state index contributed by atoms with van der Waals surface area (Å²) in [4.78, 5) is 16.6. The van der Waals surface area contributed by atoms with E-state index in [-0.39, 0.29) is 6.09 Å². The topological polar surface area (TPSA) is 51.2 Å². The van der Waals surface area contributed by atoms with Gasteiger partial charge in [0.15, 0.2) is 0 Å². The second-order valence-electron chi connectivity index (χ2n) is 8.99. The summed E-state index contributed by atoms with van der Waals surface area (Å²) in [5.41, 5.74) is 2.19. The van der Waals surface area contributed by atoms with E-state index < -0.39 is 0 Å². The summed E-state index contributed by atoms with van der Waals surface area (Å²) >= 11 is 3.69. The van der Waals surface area contributed by atoms with E-state index in [1.165, 1.54) is 22.9 Å². The quantitative estimate of drug-likeness (QED) is 0.471. The van der Waals surface area contributed by atoms with Gasteiger partial charge in [-0.15, -0.1) is 0 Å². The number of halogens is 1. The van der Waals surface area contributed by atoms with E-state index in [0.29, 0.717) is 25.0 Å². The van der Waals surface area contributed by atoms with E-state index in [0.717, 1.165) is 49.7 Å². The molecule has 0 aliphatic carbocycles. The van der Waals surface area contributed by atoms with Crippen molar-refractivity contribution in [1.29, 1.82) is 0 Å². The Bertz CT molecular complexity index is 928. The van der Waals surface area contributed by atoms with E-state index in [2.05, 4.69) is 33.0 Å². The summed E-state index contributed by atoms with van der Waals surface area (Å²) in [6.45, 7) is 4.51. The van der Waals surface area contributed by atoms with Crippen LogP contribution < -0.4 is 14.4 Å². The maximum absolute atomic E-state index is 12.3. The van der Waals surface area contributed by atoms with Crippen LogP contribution in [-0.2, 0) is 11.2 Å². The molecule has 0 N–H and O–H groups in total. The number of carbonyl (C=O) groups is 1. The van der Waals surface area contributed by atoms with E-state index in [1.807, 2.05) is 30.3 Å². The third kappa shape index (κ3) is 6.21. The molecule has 4 rings (SSSR count). The van der Waals surface area contributed by atoms with Crippen molar-refractivity contribution in [2.45, 2.75) is 25.7 Å². The number of hydrogen-bond donors (Lipinski definition) is 0. The lowest BCUT2D eigenvalue weighted by molar-refractivity contribution is 0.103. The highest BCUT2D eigenvalue weighted by Crippen LogP contribution is 2.29. The zero-order valence-electron chi connectivity index (χ0n) is 19.5. The van der Waals surface area contributed by atoms with Gasteiger partial charge in [-0.2, -0.15) is 0 Å². The number of rotatable bonds is 8. The molecular formula is C26H33BrN2O4. The zero-order chi connectivity index (χ0) is 23.2. The number of ether oxygens (including phenoxy) is 3. The molecule has 1 unspecified atom stereocenters. The highest BCUT2D eigenvalue weighted by molar-refractivity contribution is 9.10. The summed E-state index contributed by atoms with van der Waals surface area (Å²) in [5.74, 6) is 2.74. The second-order valence-corrected chi connectivity index (χ2v) is 9.84. The smallest absolute Gasteiger partial charge is 0.414 e. The Morgan fingerprint density at radius 2 is 1.70 bits per heavy atom. The number of hydrogen-bond acceptors (Lipinski definition) is 5. The van der Waals surface area contributed by atoms with Crippen molar-refractivity contribution >= 4 is 27.7 Å². The van der Waals surface area contributed by atoms with Crippen LogP contribution in [0.4, 0.5) is 10.5 Å². The van der Waals surface area contributed by atoms with E-state index in [1.54, 1.807) is 19.1 Å². The Morgan fingerprint density at radius 3 is 2.39 bits per heavy atom. The Labute approximate surface area is 204 Å². The summed E-state index contributed by atoms with van der Waals surface area (Å²) in [6, 6.07) is 13.8. The van der Waals surface area contributed by atoms with E-state index in [9.17, 15) is 4.79 Å². The predicted octanol–water partition coefficient (Wildman–Crippen LogP) is 5.38. The molecule has 2 aromatic rings. The van der Waals surface area contributed by atoms with Gasteiger partial charge in [0.05, 0.1) is 20.8 Å². The number of nitrogens with zero attached hydrogens (tertiary/aromatic N) is 2. The first-order chi connectivity index (χ1) is 16.1. The lowest BCUT2D eigenvalue weighted by Crippen LogP contribution is -2.44. The molecule has 2 aromatic carbocycles. The fourth-order valence-corrected chi connectivity index (χ4v) is 5.13. The maximum atomic E-state index is 12.3. The van der Waals surface area contributed by atoms with E-state index >= 15 is 0 Å². The molecule has 2 fully saturated rings. The van der Waals surface area contributed by atoms with Gasteiger partial charge in [-0.05, 0) is 99.3 Å². The standard InChI is InChI=1S/C26H33BrN2O4/c1-31-23-5-3-22(4-6-23)29-17-20(18-33-26(29)30)11-14-28-12-9-19(10-13-28)15-21-16-24(32-2)7-8-25(21)27/h3-8,16,19-20H,9-15,17-18H2,1-2H3. The Hall–Kier alpha value is -2.25. The van der Waals surface area contributed by atoms with Crippen molar-refractivity contribution in [3.05, 3.63) is 52.5 Å². The average molecular weight is 517 g/mol. The van der Waals surface area contributed by atoms with Crippen molar-refractivity contribution in [1.82, 2.24) is 4.90 Å². The molecule has 2 saturated heterocycles. The van der Waals surface area contributed by atoms with Gasteiger partial charge in [-0.1, -0.05) is 15.9 Å². The molecule has 1 atom stereocenters. The van der Waals surface area contributed by atoms with Crippen LogP contribution in [0.15, 0.2) is 46.9 Å². The van der Waals surface area contributed by atoms with Crippen molar-refractivity contribution in [3.63, 3.8) is 0 Å². The highest BCUT2D eigenvalue weighted by Gasteiger charge is 2.29. The normalized spacial score (nSPS) is 19.9. The van der Waals surface area contributed by atoms with Crippen molar-refractivity contribution < 1.29 is 19.0 Å². The second kappa shape index (κ2) is 11.3. The number of methoxy groups -OCH3 is 2. The minimum absolute atomic E-state index is 0.263. The first kappa shape index (κ1) is 23.9. The molecular weight excluding hydrogens is 484 g/mol. The first-order valence-electron chi connectivity index (χ1n) is 11.7. The Morgan fingerprint density at radius 1 is 1.00 bits per heavy atom. The number of carbonyl (C=O) groups excluding carboxylic acids is 1. The van der Waals surface area contributed by atoms with Gasteiger partial charge in [0, 0.05) is 22.6 Å². The Balaban J connectivity index is 1.23. The first-order valence-corrected chi connectivity index (χ1v) is 12.5. The fourth-order valence-electron chi connectivity index (χ4n) is 4.72. The van der Waals surface area contributed by atoms with Crippen LogP contribution in [0, 0.1) is 11.8 Å². The SMILES string of the molecule is COc1ccc(N2CC(CCN3CCC(Cc4cc(OC)ccc4Br)CC3)COC2=O)cc1. The lowest BCUT2D eigenvalue weighted by atomic mass is 9.90. The molecule has 0 saturated carbocycles. The number of anilines is 1. The van der Waals surface area contributed by atoms with Crippen LogP contribution in [-0.4, -0.2) is 58.0 Å². The average Bonchev–Trinajstić information content (AvgIpc) is 2.86. The minimum atomic E-state index is -0.263. The molecule has 0 aromatic heterocycles. The molecule has 0 bridgehead atoms. The van der Waals surface area contributed by atoms with Gasteiger partial charge in [0.25, 0.3) is 0 Å². The molecule has 2 heterocycles. The molecule has 1 amide bonds. The van der Waals surface area contributed by atoms with Gasteiger partial charge in [-0.3, -0.25) is 4.90 Å². The van der Waals surface area contributed by atoms with Crippen molar-refractivity contribution in [3.8, 4) is 11.5 Å². The van der Waals surface area contributed by atoms with Crippen molar-refractivity contribution in [2.24, 2.45) is 11.8 Å². The largest absolute Gasteiger partial charge is 0.497 e. The molecule has 178 valence electrons. The molecule has 2 aliphatic rings. The van der Waals surface area contributed by atoms with Crippen LogP contribution in [0.2, 0.25) is 0 Å². The van der Waals surface area contributed by atoms with Crippen LogP contribution in [0.25, 0.3) is 0 Å². The zero-order valence-corrected chi connectivity index (χ0v) is 21.1. The molecule has 6 nitrogen and oxygen atoms in total. The van der Waals surface area contributed by atoms with Gasteiger partial charge < -0.3 is 19.1 Å². The number of piperidine rings is 1. The van der Waals surface area contributed by atoms with Crippen LogP contribution in [0.5, 0.6) is 11.5 Å². The molecule has 0 spiro atoms. The Kier molecular flexibility index (Phi) is 8.15. The van der Waals surface area contributed by atoms with Crippen LogP contribution >= 0.6 is 15.9 Å². The summed E-state index contributed by atoms with van der Waals surface area (Å²) in [5, 5.41) is 0. The number of amides is 1. The molecule has 33 heavy (non-hydrogen) atoms. The van der Waals surface area contributed by atoms with Gasteiger partial charge in [0.2, 0.25) is 0 Å². The number of benzene rings is 2. The molecule has 0 radical (unpaired) electrons. The number of cyclic esters (lactones) is 1. The lowest BCUT2D eigenvalue weighted by Gasteiger charge is -2.35. The fraction of sp³-hybridized carbons (Fsp3) is 0.500. The van der Waals surface area contributed by atoms with Gasteiger partial charge in [-0.25, -0.2) is 4.79 Å².